The Bertz CT molecular complexity index is 770. The molecule has 0 bridgehead atoms. The average molecular weight is 411 g/mol. The summed E-state index contributed by atoms with van der Waals surface area (Å²) in [7, 11) is -5.06. The molecule has 0 unspecified atom stereocenters. The van der Waals surface area contributed by atoms with Crippen LogP contribution >= 0.6 is 0 Å². The van der Waals surface area contributed by atoms with Gasteiger partial charge in [-0.2, -0.15) is 26.3 Å². The topological polar surface area (TPSA) is 124 Å². The molecule has 0 saturated heterocycles. The van der Waals surface area contributed by atoms with Crippen molar-refractivity contribution in [1.29, 1.82) is 0 Å². The molecule has 0 aromatic heterocycles. The van der Waals surface area contributed by atoms with E-state index in [-0.39, 0.29) is 0 Å². The van der Waals surface area contributed by atoms with E-state index in [1.165, 1.54) is 0 Å². The molecule has 0 amide bonds. The summed E-state index contributed by atoms with van der Waals surface area (Å²) in [5.41, 5.74) is -6.13. The van der Waals surface area contributed by atoms with Gasteiger partial charge < -0.3 is 19.5 Å². The van der Waals surface area contributed by atoms with Crippen molar-refractivity contribution in [3.63, 3.8) is 0 Å². The lowest BCUT2D eigenvalue weighted by atomic mass is 9.99. The number of hydrogen-bond acceptors (Lipinski definition) is 7. The molecule has 2 N–H and O–H groups in total. The number of aliphatic hydroxyl groups is 1. The van der Waals surface area contributed by atoms with Gasteiger partial charge in [-0.05, 0) is 18.2 Å². The summed E-state index contributed by atoms with van der Waals surface area (Å²) in [5.74, 6) is -2.65. The summed E-state index contributed by atoms with van der Waals surface area (Å²) < 4.78 is 111. The lowest BCUT2D eigenvalue weighted by Gasteiger charge is -2.32. The van der Waals surface area contributed by atoms with Crippen molar-refractivity contribution in [2.24, 2.45) is 0 Å². The van der Waals surface area contributed by atoms with E-state index in [2.05, 4.69) is 4.74 Å². The summed E-state index contributed by atoms with van der Waals surface area (Å²) in [6.07, 6.45) is -14.3. The van der Waals surface area contributed by atoms with Gasteiger partial charge in [0.05, 0.1) is 11.5 Å². The molecule has 26 heavy (non-hydrogen) atoms. The van der Waals surface area contributed by atoms with E-state index in [0.717, 1.165) is 0 Å². The van der Waals surface area contributed by atoms with Crippen LogP contribution in [0.3, 0.4) is 0 Å². The zero-order chi connectivity index (χ0) is 20.6. The quantitative estimate of drug-likeness (QED) is 0.429. The van der Waals surface area contributed by atoms with E-state index in [1.54, 1.807) is 0 Å². The first-order valence-corrected chi connectivity index (χ1v) is 7.73. The predicted octanol–water partition coefficient (Wildman–Crippen LogP) is 1.70. The number of esters is 1. The number of halogens is 6. The minimum atomic E-state index is -6.11. The number of carbonyl (C=O) groups excluding carboxylic acids is 1. The molecule has 0 aliphatic heterocycles. The first-order valence-electron chi connectivity index (χ1n) is 6.32. The maximum Gasteiger partial charge on any atom is 0.426 e. The molecule has 0 fully saturated rings. The molecule has 0 heterocycles. The maximum absolute atomic E-state index is 12.4. The van der Waals surface area contributed by atoms with Crippen LogP contribution in [0.1, 0.15) is 16.8 Å². The molecule has 0 radical (unpaired) electrons. The molecule has 14 heteroatoms. The Morgan fingerprint density at radius 1 is 1.12 bits per heavy atom. The summed E-state index contributed by atoms with van der Waals surface area (Å²) in [5, 5.41) is 18.2. The standard InChI is InChI=1S/C12H10F6O7S/c13-11(14,15)10(21,12(16,17)18)3-4-25-9(20)7-5-6(26(22,23)24)1-2-8(7)19/h1-2,5,19,21H,3-4H2,(H,22,23,24)/p-1. The van der Waals surface area contributed by atoms with Crippen molar-refractivity contribution < 1.29 is 59.1 Å². The second-order valence-electron chi connectivity index (χ2n) is 4.87. The smallest absolute Gasteiger partial charge is 0.426 e. The van der Waals surface area contributed by atoms with Gasteiger partial charge in [0.1, 0.15) is 21.4 Å². The van der Waals surface area contributed by atoms with Crippen LogP contribution in [0.25, 0.3) is 0 Å². The zero-order valence-electron chi connectivity index (χ0n) is 12.3. The van der Waals surface area contributed by atoms with Crippen LogP contribution in [-0.4, -0.2) is 53.7 Å². The number of ether oxygens (including phenoxy) is 1. The highest BCUT2D eigenvalue weighted by Gasteiger charge is 2.70. The summed E-state index contributed by atoms with van der Waals surface area (Å²) in [6.45, 7) is -1.58. The third-order valence-corrected chi connectivity index (χ3v) is 3.94. The van der Waals surface area contributed by atoms with Gasteiger partial charge in [-0.15, -0.1) is 0 Å². The fourth-order valence-corrected chi connectivity index (χ4v) is 2.14. The fourth-order valence-electron chi connectivity index (χ4n) is 1.65. The normalized spacial score (nSPS) is 13.5. The van der Waals surface area contributed by atoms with Crippen LogP contribution in [0.15, 0.2) is 23.1 Å². The molecule has 0 atom stereocenters. The van der Waals surface area contributed by atoms with E-state index < -0.39 is 63.3 Å². The van der Waals surface area contributed by atoms with E-state index in [0.29, 0.717) is 18.2 Å². The number of benzene rings is 1. The molecule has 1 rings (SSSR count). The molecular formula is C12H9F6O7S-. The van der Waals surface area contributed by atoms with Gasteiger partial charge >= 0.3 is 18.3 Å². The van der Waals surface area contributed by atoms with Crippen LogP contribution in [0, 0.1) is 0 Å². The number of hydrogen-bond donors (Lipinski definition) is 2. The third-order valence-electron chi connectivity index (χ3n) is 3.11. The van der Waals surface area contributed by atoms with E-state index >= 15 is 0 Å². The lowest BCUT2D eigenvalue weighted by molar-refractivity contribution is -0.371. The van der Waals surface area contributed by atoms with Crippen molar-refractivity contribution in [2.45, 2.75) is 29.3 Å². The Kier molecular flexibility index (Phi) is 5.85. The van der Waals surface area contributed by atoms with Crippen LogP contribution < -0.4 is 0 Å². The van der Waals surface area contributed by atoms with Gasteiger partial charge in [-0.1, -0.05) is 0 Å². The van der Waals surface area contributed by atoms with Crippen molar-refractivity contribution in [2.75, 3.05) is 6.61 Å². The van der Waals surface area contributed by atoms with E-state index in [9.17, 15) is 49.2 Å². The number of rotatable bonds is 5. The van der Waals surface area contributed by atoms with Gasteiger partial charge in [0.2, 0.25) is 0 Å². The van der Waals surface area contributed by atoms with Gasteiger partial charge in [0, 0.05) is 6.42 Å². The minimum Gasteiger partial charge on any atom is -0.744 e. The molecule has 0 saturated carbocycles. The summed E-state index contributed by atoms with van der Waals surface area (Å²) in [6, 6.07) is 1.53. The van der Waals surface area contributed by atoms with E-state index in [1.807, 2.05) is 0 Å². The first-order chi connectivity index (χ1) is 11.5. The Morgan fingerprint density at radius 2 is 1.62 bits per heavy atom. The van der Waals surface area contributed by atoms with Gasteiger partial charge in [-0.3, -0.25) is 0 Å². The van der Waals surface area contributed by atoms with Crippen molar-refractivity contribution in [3.05, 3.63) is 23.8 Å². The number of alkyl halides is 6. The molecule has 1 aromatic rings. The number of phenolic OH excluding ortho intramolecular Hbond substituents is 1. The number of phenols is 1. The second-order valence-corrected chi connectivity index (χ2v) is 6.25. The van der Waals surface area contributed by atoms with Gasteiger partial charge in [-0.25, -0.2) is 13.2 Å². The monoisotopic (exact) mass is 411 g/mol. The SMILES string of the molecule is O=C(OCCC(O)(C(F)(F)F)C(F)(F)F)c1cc(S(=O)(=O)[O-])ccc1O. The third kappa shape index (κ3) is 4.56. The number of aromatic hydroxyl groups is 1. The lowest BCUT2D eigenvalue weighted by Crippen LogP contribution is -2.57. The molecule has 7 nitrogen and oxygen atoms in total. The molecule has 0 spiro atoms. The zero-order valence-corrected chi connectivity index (χ0v) is 13.1. The van der Waals surface area contributed by atoms with Crippen LogP contribution in [0.5, 0.6) is 5.75 Å². The summed E-state index contributed by atoms with van der Waals surface area (Å²) in [4.78, 5) is 10.6. The predicted molar refractivity (Wildman–Crippen MR) is 68.0 cm³/mol. The van der Waals surface area contributed by atoms with Crippen molar-refractivity contribution >= 4 is 16.1 Å². The Labute approximate surface area is 141 Å². The number of carbonyl (C=O) groups is 1. The summed E-state index contributed by atoms with van der Waals surface area (Å²) >= 11 is 0. The highest BCUT2D eigenvalue weighted by molar-refractivity contribution is 7.85. The molecule has 0 aliphatic rings. The second kappa shape index (κ2) is 6.92. The molecule has 1 aromatic carbocycles. The highest BCUT2D eigenvalue weighted by Crippen LogP contribution is 2.45. The Balaban J connectivity index is 2.97. The van der Waals surface area contributed by atoms with Crippen LogP contribution in [-0.2, 0) is 14.9 Å². The Hall–Kier alpha value is -2.06. The molecular weight excluding hydrogens is 402 g/mol. The van der Waals surface area contributed by atoms with Crippen molar-refractivity contribution in [1.82, 2.24) is 0 Å². The average Bonchev–Trinajstić information content (AvgIpc) is 2.43. The Morgan fingerprint density at radius 3 is 2.04 bits per heavy atom. The minimum absolute atomic E-state index is 0.333. The largest absolute Gasteiger partial charge is 0.744 e. The van der Waals surface area contributed by atoms with Crippen LogP contribution in [0.4, 0.5) is 26.3 Å². The van der Waals surface area contributed by atoms with Gasteiger partial charge in [0.15, 0.2) is 0 Å². The van der Waals surface area contributed by atoms with E-state index in [4.69, 9.17) is 5.11 Å². The van der Waals surface area contributed by atoms with Crippen LogP contribution in [0.2, 0.25) is 0 Å². The highest BCUT2D eigenvalue weighted by atomic mass is 32.2. The molecule has 148 valence electrons. The maximum atomic E-state index is 12.4. The fraction of sp³-hybridized carbons (Fsp3) is 0.417. The van der Waals surface area contributed by atoms with Gasteiger partial charge in [0.25, 0.3) is 5.60 Å². The molecule has 0 aliphatic carbocycles. The van der Waals surface area contributed by atoms with Crippen molar-refractivity contribution in [3.8, 4) is 5.75 Å². The first kappa shape index (κ1) is 22.0.